The number of aromatic nitrogens is 2. The van der Waals surface area contributed by atoms with Crippen molar-refractivity contribution < 1.29 is 9.31 Å². The van der Waals surface area contributed by atoms with Gasteiger partial charge in [0.1, 0.15) is 0 Å². The largest absolute Gasteiger partial charge is 0.366 e. The van der Waals surface area contributed by atoms with Crippen molar-refractivity contribution in [2.45, 2.75) is 6.54 Å². The molecule has 0 atom stereocenters. The number of nitro groups is 1. The third-order valence-electron chi connectivity index (χ3n) is 2.57. The van der Waals surface area contributed by atoms with Crippen LogP contribution < -0.4 is 4.90 Å². The Morgan fingerprint density at radius 1 is 1.42 bits per heavy atom. The highest BCUT2D eigenvalue weighted by Gasteiger charge is 2.13. The predicted octanol–water partition coefficient (Wildman–Crippen LogP) is 2.16. The number of halogens is 1. The minimum Gasteiger partial charge on any atom is -0.366 e. The summed E-state index contributed by atoms with van der Waals surface area (Å²) in [5, 5.41) is 10.5. The number of rotatable bonds is 4. The van der Waals surface area contributed by atoms with Gasteiger partial charge in [0.2, 0.25) is 0 Å². The van der Waals surface area contributed by atoms with Gasteiger partial charge >= 0.3 is 0 Å². The Morgan fingerprint density at radius 2 is 2.21 bits per heavy atom. The van der Waals surface area contributed by atoms with Crippen LogP contribution in [0.4, 0.5) is 15.8 Å². The van der Waals surface area contributed by atoms with Gasteiger partial charge in [-0.15, -0.1) is 0 Å². The third-order valence-corrected chi connectivity index (χ3v) is 2.57. The molecule has 0 aliphatic heterocycles. The first-order valence-electron chi connectivity index (χ1n) is 5.48. The van der Waals surface area contributed by atoms with Crippen molar-refractivity contribution in [1.82, 2.24) is 9.97 Å². The summed E-state index contributed by atoms with van der Waals surface area (Å²) >= 11 is 0. The Morgan fingerprint density at radius 3 is 2.79 bits per heavy atom. The fourth-order valence-electron chi connectivity index (χ4n) is 1.66. The minimum absolute atomic E-state index is 0.269. The molecule has 2 rings (SSSR count). The van der Waals surface area contributed by atoms with E-state index >= 15 is 0 Å². The van der Waals surface area contributed by atoms with Crippen LogP contribution in [-0.2, 0) is 6.54 Å². The lowest BCUT2D eigenvalue weighted by atomic mass is 10.2. The van der Waals surface area contributed by atoms with Crippen LogP contribution in [0.25, 0.3) is 0 Å². The van der Waals surface area contributed by atoms with Crippen LogP contribution >= 0.6 is 0 Å². The predicted molar refractivity (Wildman–Crippen MR) is 67.2 cm³/mol. The highest BCUT2D eigenvalue weighted by Crippen LogP contribution is 2.23. The molecular weight excluding hydrogens is 251 g/mol. The summed E-state index contributed by atoms with van der Waals surface area (Å²) < 4.78 is 13.8. The first-order valence-corrected chi connectivity index (χ1v) is 5.48. The van der Waals surface area contributed by atoms with Crippen LogP contribution in [0.5, 0.6) is 0 Å². The third kappa shape index (κ3) is 3.01. The number of benzene rings is 1. The summed E-state index contributed by atoms with van der Waals surface area (Å²) in [5.74, 6) is -0.638. The monoisotopic (exact) mass is 262 g/mol. The number of anilines is 1. The van der Waals surface area contributed by atoms with Crippen LogP contribution in [0.3, 0.4) is 0 Å². The molecule has 1 heterocycles. The van der Waals surface area contributed by atoms with Crippen LogP contribution in [-0.4, -0.2) is 21.9 Å². The Hall–Kier alpha value is -2.57. The summed E-state index contributed by atoms with van der Waals surface area (Å²) in [5.41, 5.74) is 0.688. The van der Waals surface area contributed by atoms with Crippen LogP contribution in [0.1, 0.15) is 5.69 Å². The molecular formula is C12H11FN4O2. The van der Waals surface area contributed by atoms with Gasteiger partial charge in [-0.1, -0.05) is 0 Å². The molecule has 2 aromatic rings. The van der Waals surface area contributed by atoms with E-state index in [2.05, 4.69) is 9.97 Å². The highest BCUT2D eigenvalue weighted by molar-refractivity contribution is 5.51. The van der Waals surface area contributed by atoms with Crippen molar-refractivity contribution in [3.63, 3.8) is 0 Å². The van der Waals surface area contributed by atoms with Crippen LogP contribution in [0.2, 0.25) is 0 Å². The van der Waals surface area contributed by atoms with Crippen molar-refractivity contribution in [3.8, 4) is 0 Å². The Balaban J connectivity index is 2.20. The van der Waals surface area contributed by atoms with E-state index in [0.717, 1.165) is 6.07 Å². The molecule has 0 unspecified atom stereocenters. The quantitative estimate of drug-likeness (QED) is 0.623. The fourth-order valence-corrected chi connectivity index (χ4v) is 1.66. The molecule has 7 heteroatoms. The number of non-ortho nitro benzene ring substituents is 1. The maximum absolute atomic E-state index is 13.8. The van der Waals surface area contributed by atoms with Crippen LogP contribution in [0, 0.1) is 15.9 Å². The van der Waals surface area contributed by atoms with Gasteiger partial charge in [0.25, 0.3) is 5.69 Å². The number of nitrogens with zero attached hydrogens (tertiary/aromatic N) is 4. The zero-order valence-electron chi connectivity index (χ0n) is 10.2. The maximum Gasteiger partial charge on any atom is 0.272 e. The summed E-state index contributed by atoms with van der Waals surface area (Å²) in [6, 6.07) is 3.55. The molecule has 0 N–H and O–H groups in total. The van der Waals surface area contributed by atoms with Crippen molar-refractivity contribution in [2.24, 2.45) is 0 Å². The summed E-state index contributed by atoms with van der Waals surface area (Å²) in [4.78, 5) is 19.5. The van der Waals surface area contributed by atoms with E-state index in [-0.39, 0.29) is 11.4 Å². The average Bonchev–Trinajstić information content (AvgIpc) is 2.39. The van der Waals surface area contributed by atoms with E-state index in [1.807, 2.05) is 0 Å². The van der Waals surface area contributed by atoms with Gasteiger partial charge < -0.3 is 4.90 Å². The molecule has 0 aliphatic rings. The average molecular weight is 262 g/mol. The molecule has 0 amide bonds. The molecule has 1 aromatic carbocycles. The summed E-state index contributed by atoms with van der Waals surface area (Å²) in [7, 11) is 1.68. The lowest BCUT2D eigenvalue weighted by Crippen LogP contribution is -2.18. The van der Waals surface area contributed by atoms with Gasteiger partial charge in [-0.3, -0.25) is 20.1 Å². The van der Waals surface area contributed by atoms with Crippen molar-refractivity contribution in [3.05, 3.63) is 58.4 Å². The second kappa shape index (κ2) is 5.38. The van der Waals surface area contributed by atoms with Gasteiger partial charge in [-0.05, 0) is 6.07 Å². The van der Waals surface area contributed by atoms with Crippen molar-refractivity contribution in [2.75, 3.05) is 11.9 Å². The number of hydrogen-bond acceptors (Lipinski definition) is 5. The summed E-state index contributed by atoms with van der Waals surface area (Å²) in [6.07, 6.45) is 4.69. The van der Waals surface area contributed by atoms with E-state index in [1.165, 1.54) is 12.1 Å². The topological polar surface area (TPSA) is 72.2 Å². The molecule has 6 nitrogen and oxygen atoms in total. The second-order valence-electron chi connectivity index (χ2n) is 3.95. The highest BCUT2D eigenvalue weighted by atomic mass is 19.1. The van der Waals surface area contributed by atoms with Gasteiger partial charge in [0, 0.05) is 25.5 Å². The Labute approximate surface area is 108 Å². The van der Waals surface area contributed by atoms with E-state index < -0.39 is 10.7 Å². The fraction of sp³-hybridized carbons (Fsp3) is 0.167. The first-order chi connectivity index (χ1) is 9.08. The SMILES string of the molecule is CN(Cc1cnccn1)c1ccc([N+](=O)[O-])cc1F. The molecule has 0 radical (unpaired) electrons. The molecule has 0 bridgehead atoms. The van der Waals surface area contributed by atoms with E-state index in [0.29, 0.717) is 12.2 Å². The standard InChI is InChI=1S/C12H11FN4O2/c1-16(8-9-7-14-4-5-15-9)12-3-2-10(17(18)19)6-11(12)13/h2-7H,8H2,1H3. The molecule has 19 heavy (non-hydrogen) atoms. The van der Waals surface area contributed by atoms with E-state index in [9.17, 15) is 14.5 Å². The first kappa shape index (κ1) is 12.9. The molecule has 98 valence electrons. The van der Waals surface area contributed by atoms with Gasteiger partial charge in [0.05, 0.1) is 35.1 Å². The van der Waals surface area contributed by atoms with Crippen LogP contribution in [0.15, 0.2) is 36.8 Å². The zero-order chi connectivity index (χ0) is 13.8. The van der Waals surface area contributed by atoms with Crippen molar-refractivity contribution in [1.29, 1.82) is 0 Å². The van der Waals surface area contributed by atoms with E-state index in [4.69, 9.17) is 0 Å². The normalized spacial score (nSPS) is 10.2. The lowest BCUT2D eigenvalue weighted by Gasteiger charge is -2.19. The molecule has 1 aromatic heterocycles. The molecule has 0 saturated heterocycles. The molecule has 0 fully saturated rings. The number of nitro benzene ring substituents is 1. The van der Waals surface area contributed by atoms with Crippen molar-refractivity contribution >= 4 is 11.4 Å². The Bertz CT molecular complexity index is 592. The summed E-state index contributed by atoms with van der Waals surface area (Å²) in [6.45, 7) is 0.364. The second-order valence-corrected chi connectivity index (χ2v) is 3.95. The number of hydrogen-bond donors (Lipinski definition) is 0. The minimum atomic E-state index is -0.638. The van der Waals surface area contributed by atoms with Gasteiger partial charge in [-0.2, -0.15) is 0 Å². The van der Waals surface area contributed by atoms with Gasteiger partial charge in [0.15, 0.2) is 5.82 Å². The molecule has 0 aliphatic carbocycles. The van der Waals surface area contributed by atoms with E-state index in [1.54, 1.807) is 30.5 Å². The molecule has 0 spiro atoms. The molecule has 0 saturated carbocycles. The Kier molecular flexibility index (Phi) is 3.65. The maximum atomic E-state index is 13.8. The van der Waals surface area contributed by atoms with Gasteiger partial charge in [-0.25, -0.2) is 4.39 Å². The lowest BCUT2D eigenvalue weighted by molar-refractivity contribution is -0.385. The zero-order valence-corrected chi connectivity index (χ0v) is 10.2. The smallest absolute Gasteiger partial charge is 0.272 e.